The minimum Gasteiger partial charge on any atom is -0.506 e. The maximum Gasteiger partial charge on any atom is 0.274 e. The van der Waals surface area contributed by atoms with Crippen LogP contribution < -0.4 is 10.2 Å². The lowest BCUT2D eigenvalue weighted by atomic mass is 9.67. The van der Waals surface area contributed by atoms with Crippen molar-refractivity contribution in [3.8, 4) is 11.5 Å². The number of phenols is 1. The highest BCUT2D eigenvalue weighted by molar-refractivity contribution is 6.32. The lowest BCUT2D eigenvalue weighted by molar-refractivity contribution is -0.0192. The van der Waals surface area contributed by atoms with Crippen molar-refractivity contribution >= 4 is 23.3 Å². The van der Waals surface area contributed by atoms with Gasteiger partial charge in [-0.1, -0.05) is 48.0 Å². The Labute approximate surface area is 235 Å². The first-order chi connectivity index (χ1) is 19.1. The molecule has 2 heterocycles. The topological polar surface area (TPSA) is 98.1 Å². The van der Waals surface area contributed by atoms with Crippen LogP contribution in [0.15, 0.2) is 53.5 Å². The van der Waals surface area contributed by atoms with E-state index in [9.17, 15) is 23.9 Å². The highest BCUT2D eigenvalue weighted by atomic mass is 35.5. The van der Waals surface area contributed by atoms with E-state index >= 15 is 0 Å². The summed E-state index contributed by atoms with van der Waals surface area (Å²) in [6.45, 7) is 1.03. The first kappa shape index (κ1) is 27.9. The number of pyridine rings is 1. The number of benzene rings is 2. The van der Waals surface area contributed by atoms with Crippen LogP contribution in [0.1, 0.15) is 51.2 Å². The van der Waals surface area contributed by atoms with Crippen LogP contribution in [0, 0.1) is 11.7 Å². The maximum absolute atomic E-state index is 14.5. The van der Waals surface area contributed by atoms with E-state index in [0.29, 0.717) is 26.0 Å². The molecule has 1 fully saturated rings. The molecule has 1 saturated carbocycles. The Morgan fingerprint density at radius 2 is 1.90 bits per heavy atom. The molecule has 0 unspecified atom stereocenters. The molecule has 1 amide bonds. The number of aryl methyl sites for hydroxylation is 1. The van der Waals surface area contributed by atoms with Gasteiger partial charge in [0, 0.05) is 39.9 Å². The second-order valence-corrected chi connectivity index (χ2v) is 11.0. The number of fused-ring (bicyclic) bond motifs is 2. The molecule has 2 aromatic carbocycles. The van der Waals surface area contributed by atoms with E-state index in [1.54, 1.807) is 23.6 Å². The fourth-order valence-electron chi connectivity index (χ4n) is 5.85. The molecule has 1 N–H and O–H groups in total. The number of phenolic OH excluding ortho intramolecular Hbond substituents is 1. The lowest BCUT2D eigenvalue weighted by Crippen LogP contribution is -2.60. The minimum atomic E-state index is -0.810. The normalized spacial score (nSPS) is 19.9. The molecule has 210 valence electrons. The number of amides is 1. The number of ketones is 1. The molecule has 10 heteroatoms. The summed E-state index contributed by atoms with van der Waals surface area (Å²) < 4.78 is 27.6. The smallest absolute Gasteiger partial charge is 0.274 e. The molecule has 1 spiro atoms. The summed E-state index contributed by atoms with van der Waals surface area (Å²) in [7, 11) is 3.34. The number of nitrogens with zero attached hydrogens (tertiary/aromatic N) is 2. The van der Waals surface area contributed by atoms with Gasteiger partial charge < -0.3 is 24.0 Å². The second-order valence-electron chi connectivity index (χ2n) is 10.6. The Kier molecular flexibility index (Phi) is 7.70. The number of rotatable bonds is 9. The van der Waals surface area contributed by atoms with Crippen LogP contribution >= 0.6 is 11.6 Å². The lowest BCUT2D eigenvalue weighted by Gasteiger charge is -2.54. The highest BCUT2D eigenvalue weighted by Crippen LogP contribution is 2.48. The van der Waals surface area contributed by atoms with Gasteiger partial charge >= 0.3 is 0 Å². The summed E-state index contributed by atoms with van der Waals surface area (Å²) in [5.74, 6) is -1.97. The van der Waals surface area contributed by atoms with Crippen LogP contribution in [-0.2, 0) is 23.3 Å². The van der Waals surface area contributed by atoms with Gasteiger partial charge in [0.15, 0.2) is 17.2 Å². The summed E-state index contributed by atoms with van der Waals surface area (Å²) >= 11 is 5.81. The van der Waals surface area contributed by atoms with Gasteiger partial charge in [-0.25, -0.2) is 4.39 Å². The van der Waals surface area contributed by atoms with E-state index in [2.05, 4.69) is 0 Å². The second kappa shape index (κ2) is 11.1. The number of halogens is 2. The summed E-state index contributed by atoms with van der Waals surface area (Å²) in [6.07, 6.45) is 2.67. The quantitative estimate of drug-likeness (QED) is 0.380. The van der Waals surface area contributed by atoms with Gasteiger partial charge in [0.05, 0.1) is 11.1 Å². The molecular formula is C30H30ClFN2O6. The fourth-order valence-corrected chi connectivity index (χ4v) is 6.03. The summed E-state index contributed by atoms with van der Waals surface area (Å²) in [5, 5.41) is 9.21. The van der Waals surface area contributed by atoms with Crippen LogP contribution in [0.25, 0.3) is 0 Å². The number of carbonyl (C=O) groups is 2. The Balaban J connectivity index is 1.55. The maximum atomic E-state index is 14.5. The number of likely N-dealkylation sites (N-methyl/N-ethyl adjacent to an activating group) is 1. The van der Waals surface area contributed by atoms with Crippen LogP contribution in [0.4, 0.5) is 4.39 Å². The number of methoxy groups -OCH3 is 1. The first-order valence-corrected chi connectivity index (χ1v) is 13.4. The molecule has 1 aliphatic carbocycles. The van der Waals surface area contributed by atoms with Crippen LogP contribution in [0.5, 0.6) is 11.5 Å². The number of carbonyl (C=O) groups excluding carboxylic acids is 2. The Morgan fingerprint density at radius 3 is 2.60 bits per heavy atom. The van der Waals surface area contributed by atoms with Gasteiger partial charge in [0.2, 0.25) is 5.43 Å². The van der Waals surface area contributed by atoms with Gasteiger partial charge in [0.25, 0.3) is 5.91 Å². The zero-order chi connectivity index (χ0) is 28.6. The van der Waals surface area contributed by atoms with E-state index in [-0.39, 0.29) is 53.8 Å². The summed E-state index contributed by atoms with van der Waals surface area (Å²) in [5.41, 5.74) is -0.243. The van der Waals surface area contributed by atoms with Crippen molar-refractivity contribution in [3.63, 3.8) is 0 Å². The standard InChI is InChI=1S/C30H30ClFN2O6/c1-33-17-30(12-19(13-30)15-39-2)34-14-21(22(35)10-8-20-9-11-23(36)24(31)25(20)32)27(37)28(26(34)29(33)38)40-16-18-6-4-3-5-7-18/h3-7,9,11,14,19,36H,8,10,12-13,15-17H2,1-2H3. The predicted molar refractivity (Wildman–Crippen MR) is 147 cm³/mol. The molecule has 5 rings (SSSR count). The van der Waals surface area contributed by atoms with Crippen LogP contribution in [-0.4, -0.2) is 53.6 Å². The number of aromatic nitrogens is 1. The molecule has 0 atom stereocenters. The minimum absolute atomic E-state index is 0.0329. The van der Waals surface area contributed by atoms with E-state index in [1.807, 2.05) is 30.3 Å². The van der Waals surface area contributed by atoms with Crippen molar-refractivity contribution < 1.29 is 28.6 Å². The van der Waals surface area contributed by atoms with Gasteiger partial charge in [-0.3, -0.25) is 14.4 Å². The average Bonchev–Trinajstić information content (AvgIpc) is 2.92. The van der Waals surface area contributed by atoms with E-state index in [1.165, 1.54) is 18.3 Å². The van der Waals surface area contributed by atoms with Crippen LogP contribution in [0.3, 0.4) is 0 Å². The van der Waals surface area contributed by atoms with Gasteiger partial charge in [0.1, 0.15) is 23.2 Å². The fraction of sp³-hybridized carbons (Fsp3) is 0.367. The van der Waals surface area contributed by atoms with E-state index < -0.39 is 33.3 Å². The molecule has 8 nitrogen and oxygen atoms in total. The molecule has 3 aromatic rings. The average molecular weight is 569 g/mol. The van der Waals surface area contributed by atoms with Crippen molar-refractivity contribution in [3.05, 3.63) is 92.1 Å². The molecule has 40 heavy (non-hydrogen) atoms. The Hall–Kier alpha value is -3.69. The van der Waals surface area contributed by atoms with Crippen molar-refractivity contribution in [1.82, 2.24) is 9.47 Å². The molecule has 0 bridgehead atoms. The summed E-state index contributed by atoms with van der Waals surface area (Å²) in [4.78, 5) is 42.2. The monoisotopic (exact) mass is 568 g/mol. The van der Waals surface area contributed by atoms with Crippen molar-refractivity contribution in [1.29, 1.82) is 0 Å². The van der Waals surface area contributed by atoms with Gasteiger partial charge in [-0.2, -0.15) is 0 Å². The summed E-state index contributed by atoms with van der Waals surface area (Å²) in [6, 6.07) is 11.8. The number of hydrogen-bond acceptors (Lipinski definition) is 6. The number of ether oxygens (including phenoxy) is 2. The molecule has 2 aliphatic rings. The van der Waals surface area contributed by atoms with Crippen LogP contribution in [0.2, 0.25) is 5.02 Å². The van der Waals surface area contributed by atoms with Crippen molar-refractivity contribution in [2.75, 3.05) is 27.3 Å². The zero-order valence-corrected chi connectivity index (χ0v) is 23.0. The van der Waals surface area contributed by atoms with E-state index in [0.717, 1.165) is 5.56 Å². The third-order valence-electron chi connectivity index (χ3n) is 7.79. The van der Waals surface area contributed by atoms with E-state index in [4.69, 9.17) is 21.1 Å². The number of hydrogen-bond donors (Lipinski definition) is 1. The number of Topliss-reactive ketones (excluding diaryl/α,β-unsaturated/α-hetero) is 1. The SMILES string of the molecule is COCC1CC2(C1)CN(C)C(=O)c1c(OCc3ccccc3)c(=O)c(C(=O)CCc3ccc(O)c(Cl)c3F)cn12. The Bertz CT molecular complexity index is 1520. The molecule has 1 aromatic heterocycles. The first-order valence-electron chi connectivity index (χ1n) is 13.1. The van der Waals surface area contributed by atoms with Gasteiger partial charge in [-0.15, -0.1) is 0 Å². The van der Waals surface area contributed by atoms with Gasteiger partial charge in [-0.05, 0) is 42.4 Å². The Morgan fingerprint density at radius 1 is 1.18 bits per heavy atom. The number of aromatic hydroxyl groups is 1. The molecule has 0 radical (unpaired) electrons. The highest BCUT2D eigenvalue weighted by Gasteiger charge is 2.52. The molecule has 0 saturated heterocycles. The predicted octanol–water partition coefficient (Wildman–Crippen LogP) is 4.58. The van der Waals surface area contributed by atoms with Crippen molar-refractivity contribution in [2.24, 2.45) is 5.92 Å². The largest absolute Gasteiger partial charge is 0.506 e. The third-order valence-corrected chi connectivity index (χ3v) is 8.15. The molecular weight excluding hydrogens is 539 g/mol. The third kappa shape index (κ3) is 4.99. The van der Waals surface area contributed by atoms with Crippen molar-refractivity contribution in [2.45, 2.75) is 37.8 Å². The molecule has 1 aliphatic heterocycles. The zero-order valence-electron chi connectivity index (χ0n) is 22.3.